The van der Waals surface area contributed by atoms with Crippen LogP contribution in [0.2, 0.25) is 0 Å². The zero-order chi connectivity index (χ0) is 40.3. The molecule has 10 heteroatoms. The fourth-order valence-electron chi connectivity index (χ4n) is 4.26. The summed E-state index contributed by atoms with van der Waals surface area (Å²) in [6.07, 6.45) is 55.3. The van der Waals surface area contributed by atoms with Crippen LogP contribution in [0.25, 0.3) is 0 Å². The molecule has 0 amide bonds. The van der Waals surface area contributed by atoms with Gasteiger partial charge >= 0.3 is 19.8 Å². The van der Waals surface area contributed by atoms with E-state index in [1.54, 1.807) is 6.08 Å². The van der Waals surface area contributed by atoms with E-state index in [9.17, 15) is 19.0 Å². The summed E-state index contributed by atoms with van der Waals surface area (Å²) in [5.74, 6) is -1.09. The monoisotopic (exact) mass is 781 g/mol. The number of phosphoric ester groups is 1. The molecule has 55 heavy (non-hydrogen) atoms. The van der Waals surface area contributed by atoms with Gasteiger partial charge in [-0.2, -0.15) is 0 Å². The molecule has 0 saturated carbocycles. The van der Waals surface area contributed by atoms with Gasteiger partial charge < -0.3 is 20.1 Å². The number of esters is 2. The van der Waals surface area contributed by atoms with Crippen molar-refractivity contribution in [1.82, 2.24) is 0 Å². The first-order chi connectivity index (χ1) is 26.8. The van der Waals surface area contributed by atoms with Gasteiger partial charge in [-0.25, -0.2) is 4.57 Å². The molecule has 0 rings (SSSR count). The van der Waals surface area contributed by atoms with Crippen molar-refractivity contribution in [2.24, 2.45) is 5.73 Å². The molecule has 306 valence electrons. The normalized spacial score (nSPS) is 14.8. The lowest BCUT2D eigenvalue weighted by Crippen LogP contribution is -2.29. The van der Waals surface area contributed by atoms with E-state index >= 15 is 0 Å². The van der Waals surface area contributed by atoms with E-state index in [4.69, 9.17) is 24.3 Å². The minimum Gasteiger partial charge on any atom is -0.461 e. The Morgan fingerprint density at radius 1 is 0.545 bits per heavy atom. The summed E-state index contributed by atoms with van der Waals surface area (Å²) in [6, 6.07) is 0. The van der Waals surface area contributed by atoms with Crippen LogP contribution in [0.3, 0.4) is 0 Å². The van der Waals surface area contributed by atoms with Gasteiger partial charge in [-0.15, -0.1) is 0 Å². The molecule has 0 saturated heterocycles. The van der Waals surface area contributed by atoms with Crippen molar-refractivity contribution < 1.29 is 37.6 Å². The topological polar surface area (TPSA) is 134 Å². The molecule has 9 nitrogen and oxygen atoms in total. The van der Waals surface area contributed by atoms with E-state index in [0.717, 1.165) is 64.2 Å². The van der Waals surface area contributed by atoms with Crippen LogP contribution in [-0.4, -0.2) is 49.3 Å². The van der Waals surface area contributed by atoms with Gasteiger partial charge in [-0.1, -0.05) is 148 Å². The van der Waals surface area contributed by atoms with E-state index < -0.39 is 32.5 Å². The minimum absolute atomic E-state index is 0.0222. The SMILES string of the molecule is CC/C=C\C/C=C\C/C=C\C/C=C\C/C=C\C/C=C\CCC(=O)OC(COC(=O)C/C=C\C/C=C\C/C=C\C/C=C\C/C=C\CC)COP(=O)(O)OCCN. The maximum atomic E-state index is 12.5. The van der Waals surface area contributed by atoms with E-state index in [-0.39, 0.29) is 32.6 Å². The van der Waals surface area contributed by atoms with Crippen LogP contribution in [0.4, 0.5) is 0 Å². The van der Waals surface area contributed by atoms with Gasteiger partial charge in [-0.05, 0) is 77.0 Å². The predicted molar refractivity (Wildman–Crippen MR) is 228 cm³/mol. The molecule has 0 aromatic heterocycles. The molecule has 0 aliphatic carbocycles. The highest BCUT2D eigenvalue weighted by molar-refractivity contribution is 7.47. The van der Waals surface area contributed by atoms with Gasteiger partial charge in [0, 0.05) is 13.0 Å². The molecular formula is C45H68NO8P. The average Bonchev–Trinajstić information content (AvgIpc) is 3.17. The Hall–Kier alpha value is -3.85. The first-order valence-electron chi connectivity index (χ1n) is 19.7. The van der Waals surface area contributed by atoms with Gasteiger partial charge in [-0.3, -0.25) is 18.6 Å². The number of ether oxygens (including phenoxy) is 2. The summed E-state index contributed by atoms with van der Waals surface area (Å²) in [6.45, 7) is 3.25. The zero-order valence-electron chi connectivity index (χ0n) is 33.3. The molecule has 0 fully saturated rings. The Kier molecular flexibility index (Phi) is 37.0. The highest BCUT2D eigenvalue weighted by Gasteiger charge is 2.25. The molecule has 0 aliphatic heterocycles. The Morgan fingerprint density at radius 3 is 1.33 bits per heavy atom. The second-order valence-corrected chi connectivity index (χ2v) is 13.5. The lowest BCUT2D eigenvalue weighted by Gasteiger charge is -2.19. The molecular weight excluding hydrogens is 713 g/mol. The average molecular weight is 782 g/mol. The Morgan fingerprint density at radius 2 is 0.927 bits per heavy atom. The van der Waals surface area contributed by atoms with Crippen LogP contribution in [0.5, 0.6) is 0 Å². The van der Waals surface area contributed by atoms with Crippen molar-refractivity contribution in [3.8, 4) is 0 Å². The summed E-state index contributed by atoms with van der Waals surface area (Å²) in [5.41, 5.74) is 5.32. The molecule has 3 N–H and O–H groups in total. The summed E-state index contributed by atoms with van der Waals surface area (Å²) in [7, 11) is -4.42. The van der Waals surface area contributed by atoms with Crippen LogP contribution in [0, 0.1) is 0 Å². The third-order valence-corrected chi connectivity index (χ3v) is 8.06. The van der Waals surface area contributed by atoms with Crippen molar-refractivity contribution in [3.05, 3.63) is 134 Å². The molecule has 2 atom stereocenters. The largest absolute Gasteiger partial charge is 0.472 e. The molecule has 0 radical (unpaired) electrons. The van der Waals surface area contributed by atoms with Crippen molar-refractivity contribution in [3.63, 3.8) is 0 Å². The van der Waals surface area contributed by atoms with E-state index in [1.165, 1.54) is 0 Å². The second-order valence-electron chi connectivity index (χ2n) is 12.0. The van der Waals surface area contributed by atoms with Crippen LogP contribution in [0.15, 0.2) is 134 Å². The number of carbonyl (C=O) groups excluding carboxylic acids is 2. The van der Waals surface area contributed by atoms with Crippen LogP contribution < -0.4 is 5.73 Å². The zero-order valence-corrected chi connectivity index (χ0v) is 34.2. The number of hydrogen-bond acceptors (Lipinski definition) is 8. The maximum Gasteiger partial charge on any atom is 0.472 e. The lowest BCUT2D eigenvalue weighted by molar-refractivity contribution is -0.160. The standard InChI is InChI=1S/C45H68NO8P/c1-3-5-7-9-11-13-15-17-19-20-21-22-24-26-28-30-32-34-36-38-45(48)54-43(42-53-55(49,50)52-40-39-46)41-51-44(47)37-35-33-31-29-27-25-23-18-16-14-12-10-8-6-4-2/h5-8,11-14,17-19,21-23,26-29,32-35,43H,3-4,9-10,15-16,20,24-25,30-31,36-42,46H2,1-2H3,(H,49,50)/b7-5-,8-6-,13-11-,14-12-,19-17-,22-21-,23-18-,28-26-,29-27-,34-32-,35-33-. The van der Waals surface area contributed by atoms with Crippen LogP contribution in [-0.2, 0) is 32.7 Å². The molecule has 0 aromatic carbocycles. The summed E-state index contributed by atoms with van der Waals surface area (Å²) in [5, 5.41) is 0. The van der Waals surface area contributed by atoms with E-state index in [2.05, 4.69) is 117 Å². The molecule has 0 aromatic rings. The first-order valence-corrected chi connectivity index (χ1v) is 21.2. The second kappa shape index (κ2) is 39.8. The highest BCUT2D eigenvalue weighted by atomic mass is 31.2. The Balaban J connectivity index is 4.51. The van der Waals surface area contributed by atoms with E-state index in [0.29, 0.717) is 12.8 Å². The smallest absolute Gasteiger partial charge is 0.461 e. The van der Waals surface area contributed by atoms with Gasteiger partial charge in [0.1, 0.15) is 6.61 Å². The summed E-state index contributed by atoms with van der Waals surface area (Å²) in [4.78, 5) is 34.7. The Labute approximate surface area is 332 Å². The third kappa shape index (κ3) is 39.7. The summed E-state index contributed by atoms with van der Waals surface area (Å²) < 4.78 is 32.5. The molecule has 0 aliphatic rings. The molecule has 0 bridgehead atoms. The van der Waals surface area contributed by atoms with Crippen molar-refractivity contribution >= 4 is 19.8 Å². The lowest BCUT2D eigenvalue weighted by atomic mass is 10.2. The van der Waals surface area contributed by atoms with Gasteiger partial charge in [0.25, 0.3) is 0 Å². The van der Waals surface area contributed by atoms with Gasteiger partial charge in [0.15, 0.2) is 6.10 Å². The highest BCUT2D eigenvalue weighted by Crippen LogP contribution is 2.43. The summed E-state index contributed by atoms with van der Waals surface area (Å²) >= 11 is 0. The Bertz CT molecular complexity index is 1350. The third-order valence-electron chi connectivity index (χ3n) is 7.08. The number of rotatable bonds is 34. The van der Waals surface area contributed by atoms with E-state index in [1.807, 2.05) is 24.3 Å². The van der Waals surface area contributed by atoms with Crippen molar-refractivity contribution in [1.29, 1.82) is 0 Å². The number of nitrogens with two attached hydrogens (primary N) is 1. The minimum atomic E-state index is -4.42. The molecule has 2 unspecified atom stereocenters. The maximum absolute atomic E-state index is 12.5. The fourth-order valence-corrected chi connectivity index (χ4v) is 5.02. The fraction of sp³-hybridized carbons (Fsp3) is 0.467. The van der Waals surface area contributed by atoms with Gasteiger partial charge in [0.05, 0.1) is 19.6 Å². The number of allylic oxidation sites excluding steroid dienone is 21. The quantitative estimate of drug-likeness (QED) is 0.0371. The van der Waals surface area contributed by atoms with Crippen LogP contribution in [0.1, 0.15) is 104 Å². The number of phosphoric acid groups is 1. The van der Waals surface area contributed by atoms with Crippen LogP contribution >= 0.6 is 7.82 Å². The molecule has 0 heterocycles. The number of hydrogen-bond donors (Lipinski definition) is 2. The van der Waals surface area contributed by atoms with Crippen molar-refractivity contribution in [2.45, 2.75) is 110 Å². The molecule has 0 spiro atoms. The van der Waals surface area contributed by atoms with Gasteiger partial charge in [0.2, 0.25) is 0 Å². The predicted octanol–water partition coefficient (Wildman–Crippen LogP) is 11.2. The first kappa shape index (κ1) is 51.1. The number of carbonyl (C=O) groups is 2. The van der Waals surface area contributed by atoms with Crippen molar-refractivity contribution in [2.75, 3.05) is 26.4 Å².